The van der Waals surface area contributed by atoms with E-state index in [2.05, 4.69) is 23.9 Å². The fourth-order valence-corrected chi connectivity index (χ4v) is 4.44. The normalized spacial score (nSPS) is 13.3. The van der Waals surface area contributed by atoms with Crippen LogP contribution in [0.3, 0.4) is 0 Å². The average Bonchev–Trinajstić information content (AvgIpc) is 3.05. The van der Waals surface area contributed by atoms with Crippen molar-refractivity contribution < 1.29 is 22.7 Å². The summed E-state index contributed by atoms with van der Waals surface area (Å²) in [5.74, 6) is 1.11. The third-order valence-corrected chi connectivity index (χ3v) is 6.64. The van der Waals surface area contributed by atoms with E-state index in [1.54, 1.807) is 42.5 Å². The lowest BCUT2D eigenvalue weighted by atomic mass is 10.0. The molecule has 1 aliphatic rings. The van der Waals surface area contributed by atoms with E-state index in [0.29, 0.717) is 47.6 Å². The SMILES string of the molecule is CC(C)c1ccc(C(=O)Nc2ccc(NS(=O)(=O)c3ccc4c(c3)OCCCO4)cc2)cc1. The van der Waals surface area contributed by atoms with E-state index in [-0.39, 0.29) is 10.8 Å². The smallest absolute Gasteiger partial charge is 0.262 e. The Morgan fingerprint density at radius 3 is 2.15 bits per heavy atom. The summed E-state index contributed by atoms with van der Waals surface area (Å²) in [4.78, 5) is 12.6. The Hall–Kier alpha value is -3.52. The van der Waals surface area contributed by atoms with Gasteiger partial charge in [-0.1, -0.05) is 26.0 Å². The molecule has 0 atom stereocenters. The molecule has 0 aromatic heterocycles. The molecule has 0 saturated heterocycles. The molecule has 0 saturated carbocycles. The van der Waals surface area contributed by atoms with E-state index in [0.717, 1.165) is 12.0 Å². The van der Waals surface area contributed by atoms with E-state index >= 15 is 0 Å². The van der Waals surface area contributed by atoms with Crippen LogP contribution in [0.5, 0.6) is 11.5 Å². The van der Waals surface area contributed by atoms with Crippen LogP contribution in [0.25, 0.3) is 0 Å². The number of ether oxygens (including phenoxy) is 2. The number of benzene rings is 3. The molecule has 3 aromatic carbocycles. The molecule has 0 radical (unpaired) electrons. The Bertz CT molecular complexity index is 1240. The minimum atomic E-state index is -3.82. The zero-order valence-electron chi connectivity index (χ0n) is 18.5. The van der Waals surface area contributed by atoms with Crippen molar-refractivity contribution in [1.82, 2.24) is 0 Å². The zero-order chi connectivity index (χ0) is 23.4. The van der Waals surface area contributed by atoms with Gasteiger partial charge in [-0.25, -0.2) is 8.42 Å². The topological polar surface area (TPSA) is 93.7 Å². The van der Waals surface area contributed by atoms with Gasteiger partial charge in [-0.3, -0.25) is 9.52 Å². The molecule has 0 bridgehead atoms. The molecule has 7 nitrogen and oxygen atoms in total. The number of nitrogens with one attached hydrogen (secondary N) is 2. The lowest BCUT2D eigenvalue weighted by Gasteiger charge is -2.12. The minimum Gasteiger partial charge on any atom is -0.490 e. The second-order valence-electron chi connectivity index (χ2n) is 8.07. The number of anilines is 2. The number of carbonyl (C=O) groups is 1. The van der Waals surface area contributed by atoms with Crippen molar-refractivity contribution in [2.45, 2.75) is 31.1 Å². The summed E-state index contributed by atoms with van der Waals surface area (Å²) in [6.45, 7) is 5.20. The van der Waals surface area contributed by atoms with Crippen molar-refractivity contribution in [1.29, 1.82) is 0 Å². The average molecular weight is 467 g/mol. The highest BCUT2D eigenvalue weighted by atomic mass is 32.2. The number of sulfonamides is 1. The summed E-state index contributed by atoms with van der Waals surface area (Å²) in [5, 5.41) is 2.82. The Balaban J connectivity index is 1.42. The fraction of sp³-hybridized carbons (Fsp3) is 0.240. The molecule has 0 aliphatic carbocycles. The highest BCUT2D eigenvalue weighted by Gasteiger charge is 2.19. The van der Waals surface area contributed by atoms with Crippen LogP contribution in [-0.4, -0.2) is 27.5 Å². The minimum absolute atomic E-state index is 0.0778. The van der Waals surface area contributed by atoms with E-state index in [4.69, 9.17) is 9.47 Å². The number of carbonyl (C=O) groups excluding carboxylic acids is 1. The largest absolute Gasteiger partial charge is 0.490 e. The molecule has 1 heterocycles. The molecular formula is C25H26N2O5S. The van der Waals surface area contributed by atoms with E-state index in [1.165, 1.54) is 12.1 Å². The number of hydrogen-bond acceptors (Lipinski definition) is 5. The summed E-state index contributed by atoms with van der Waals surface area (Å²) in [5.41, 5.74) is 2.66. The molecule has 172 valence electrons. The maximum atomic E-state index is 12.8. The van der Waals surface area contributed by atoms with E-state index in [9.17, 15) is 13.2 Å². The monoisotopic (exact) mass is 466 g/mol. The van der Waals surface area contributed by atoms with Gasteiger partial charge in [-0.15, -0.1) is 0 Å². The molecule has 4 rings (SSSR count). The van der Waals surface area contributed by atoms with Gasteiger partial charge >= 0.3 is 0 Å². The number of fused-ring (bicyclic) bond motifs is 1. The summed E-state index contributed by atoms with van der Waals surface area (Å²) in [7, 11) is -3.82. The second-order valence-corrected chi connectivity index (χ2v) is 9.76. The third kappa shape index (κ3) is 5.46. The summed E-state index contributed by atoms with van der Waals surface area (Å²) < 4.78 is 39.3. The van der Waals surface area contributed by atoms with Crippen LogP contribution in [0.15, 0.2) is 71.6 Å². The Morgan fingerprint density at radius 1 is 0.848 bits per heavy atom. The molecule has 8 heteroatoms. The third-order valence-electron chi connectivity index (χ3n) is 5.26. The molecule has 0 fully saturated rings. The van der Waals surface area contributed by atoms with Crippen LogP contribution in [0.4, 0.5) is 11.4 Å². The molecule has 0 spiro atoms. The first-order valence-electron chi connectivity index (χ1n) is 10.8. The van der Waals surface area contributed by atoms with Crippen molar-refractivity contribution in [2.75, 3.05) is 23.3 Å². The van der Waals surface area contributed by atoms with Crippen molar-refractivity contribution in [3.8, 4) is 11.5 Å². The summed E-state index contributed by atoms with van der Waals surface area (Å²) >= 11 is 0. The highest BCUT2D eigenvalue weighted by molar-refractivity contribution is 7.92. The fourth-order valence-electron chi connectivity index (χ4n) is 3.37. The summed E-state index contributed by atoms with van der Waals surface area (Å²) in [6.07, 6.45) is 0.737. The van der Waals surface area contributed by atoms with E-state index in [1.807, 2.05) is 12.1 Å². The van der Waals surface area contributed by atoms with Crippen LogP contribution in [-0.2, 0) is 10.0 Å². The Labute approximate surface area is 193 Å². The Morgan fingerprint density at radius 2 is 1.48 bits per heavy atom. The van der Waals surface area contributed by atoms with Crippen molar-refractivity contribution in [3.63, 3.8) is 0 Å². The quantitative estimate of drug-likeness (QED) is 0.532. The van der Waals surface area contributed by atoms with Crippen molar-refractivity contribution in [3.05, 3.63) is 77.9 Å². The number of rotatable bonds is 6. The first kappa shape index (κ1) is 22.7. The number of amides is 1. The van der Waals surface area contributed by atoms with Crippen LogP contribution >= 0.6 is 0 Å². The lowest BCUT2D eigenvalue weighted by Crippen LogP contribution is -2.14. The van der Waals surface area contributed by atoms with Crippen LogP contribution in [0, 0.1) is 0 Å². The molecule has 3 aromatic rings. The maximum Gasteiger partial charge on any atom is 0.262 e. The zero-order valence-corrected chi connectivity index (χ0v) is 19.3. The molecule has 1 aliphatic heterocycles. The predicted molar refractivity (Wildman–Crippen MR) is 128 cm³/mol. The lowest BCUT2D eigenvalue weighted by molar-refractivity contribution is 0.102. The Kier molecular flexibility index (Phi) is 6.55. The van der Waals surface area contributed by atoms with Crippen LogP contribution in [0.2, 0.25) is 0 Å². The molecule has 33 heavy (non-hydrogen) atoms. The van der Waals surface area contributed by atoms with Crippen LogP contribution in [0.1, 0.15) is 42.1 Å². The van der Waals surface area contributed by atoms with Crippen molar-refractivity contribution in [2.24, 2.45) is 0 Å². The van der Waals surface area contributed by atoms with Crippen LogP contribution < -0.4 is 19.5 Å². The van der Waals surface area contributed by atoms with Gasteiger partial charge in [0.05, 0.1) is 18.1 Å². The van der Waals surface area contributed by atoms with Gasteiger partial charge in [0.2, 0.25) is 0 Å². The second kappa shape index (κ2) is 9.54. The van der Waals surface area contributed by atoms with Gasteiger partial charge in [-0.2, -0.15) is 0 Å². The van der Waals surface area contributed by atoms with Gasteiger partial charge in [0.15, 0.2) is 11.5 Å². The van der Waals surface area contributed by atoms with Gasteiger partial charge < -0.3 is 14.8 Å². The number of hydrogen-bond donors (Lipinski definition) is 2. The van der Waals surface area contributed by atoms with Gasteiger partial charge in [0.1, 0.15) is 0 Å². The highest BCUT2D eigenvalue weighted by Crippen LogP contribution is 2.32. The van der Waals surface area contributed by atoms with E-state index < -0.39 is 10.0 Å². The molecular weight excluding hydrogens is 440 g/mol. The molecule has 0 unspecified atom stereocenters. The standard InChI is InChI=1S/C25H26N2O5S/c1-17(2)18-4-6-19(7-5-18)25(28)26-20-8-10-21(11-9-20)27-33(29,30)22-12-13-23-24(16-22)32-15-3-14-31-23/h4-13,16-17,27H,3,14-15H2,1-2H3,(H,26,28). The summed E-state index contributed by atoms with van der Waals surface area (Å²) in [6, 6.07) is 18.5. The first-order chi connectivity index (χ1) is 15.8. The maximum absolute atomic E-state index is 12.8. The predicted octanol–water partition coefficient (Wildman–Crippen LogP) is 5.02. The molecule has 2 N–H and O–H groups in total. The molecule has 1 amide bonds. The first-order valence-corrected chi connectivity index (χ1v) is 12.2. The van der Waals surface area contributed by atoms with Crippen molar-refractivity contribution >= 4 is 27.3 Å². The van der Waals surface area contributed by atoms with Gasteiger partial charge in [0, 0.05) is 29.4 Å². The van der Waals surface area contributed by atoms with Gasteiger partial charge in [-0.05, 0) is 60.0 Å². The van der Waals surface area contributed by atoms with Gasteiger partial charge in [0.25, 0.3) is 15.9 Å².